The van der Waals surface area contributed by atoms with Gasteiger partial charge in [-0.05, 0) is 6.92 Å². The number of hydrogen-bond acceptors (Lipinski definition) is 2. The van der Waals surface area contributed by atoms with Crippen LogP contribution in [0.25, 0.3) is 0 Å². The van der Waals surface area contributed by atoms with Crippen molar-refractivity contribution in [3.05, 3.63) is 120 Å². The number of fused-ring (bicyclic) bond motifs is 4. The van der Waals surface area contributed by atoms with Crippen LogP contribution < -0.4 is 29.1 Å². The first kappa shape index (κ1) is 25.0. The fourth-order valence-corrected chi connectivity index (χ4v) is 5.42. The van der Waals surface area contributed by atoms with Gasteiger partial charge < -0.3 is 33.9 Å². The standard InChI is InChI=1S/C28H24N2.C2H4O2.HI/c1-29-23-15-7-3-11-19(23)27(20-12-4-8-16-24(20)29)28-21-13-5-9-17-25(21)30(2)26-18-10-6-14-22(26)28;1-2(3)4;/h3-19,21H,1-2H3;1H3,(H,3,4);1H/q+2;;/p-2. The summed E-state index contributed by atoms with van der Waals surface area (Å²) in [7, 11) is 4.38. The van der Waals surface area contributed by atoms with E-state index in [-0.39, 0.29) is 35.8 Å². The van der Waals surface area contributed by atoms with Gasteiger partial charge >= 0.3 is 0 Å². The molecule has 0 aromatic heterocycles. The molecule has 35 heavy (non-hydrogen) atoms. The van der Waals surface area contributed by atoms with Crippen LogP contribution in [0.3, 0.4) is 0 Å². The van der Waals surface area contributed by atoms with Gasteiger partial charge in [0.15, 0.2) is 11.4 Å². The lowest BCUT2D eigenvalue weighted by Crippen LogP contribution is -3.00. The number of rotatable bonds is 1. The smallest absolute Gasteiger partial charge is 0.209 e. The van der Waals surface area contributed by atoms with Crippen molar-refractivity contribution in [3.8, 4) is 0 Å². The summed E-state index contributed by atoms with van der Waals surface area (Å²) in [4.78, 5) is 8.89. The molecule has 2 unspecified atom stereocenters. The largest absolute Gasteiger partial charge is 1.00 e. The van der Waals surface area contributed by atoms with Crippen molar-refractivity contribution >= 4 is 28.8 Å². The molecule has 0 saturated heterocycles. The maximum atomic E-state index is 8.89. The summed E-state index contributed by atoms with van der Waals surface area (Å²) in [6, 6.07) is 17.7. The number of benzene rings is 2. The van der Waals surface area contributed by atoms with Crippen molar-refractivity contribution in [2.75, 3.05) is 14.1 Å². The number of carbonyl (C=O) groups excluding carboxylic acids is 1. The molecule has 4 aliphatic rings. The van der Waals surface area contributed by atoms with Crippen LogP contribution in [0.4, 0.5) is 11.4 Å². The topological polar surface area (TPSA) is 46.1 Å². The van der Waals surface area contributed by atoms with E-state index >= 15 is 0 Å². The molecule has 2 aliphatic carbocycles. The second-order valence-electron chi connectivity index (χ2n) is 8.76. The van der Waals surface area contributed by atoms with E-state index in [0.717, 1.165) is 6.92 Å². The van der Waals surface area contributed by atoms with Crippen LogP contribution in [0.5, 0.6) is 0 Å². The van der Waals surface area contributed by atoms with Crippen molar-refractivity contribution in [2.45, 2.75) is 6.92 Å². The molecule has 2 aromatic carbocycles. The number of halogens is 1. The molecule has 2 radical (unpaired) electrons. The monoisotopic (exact) mass is 574 g/mol. The van der Waals surface area contributed by atoms with E-state index in [1.54, 1.807) is 0 Å². The molecule has 0 bridgehead atoms. The Labute approximate surface area is 224 Å². The van der Waals surface area contributed by atoms with E-state index in [4.69, 9.17) is 9.90 Å². The molecular formula is C30H27IN2O2. The molecular weight excluding hydrogens is 547 g/mol. The lowest BCUT2D eigenvalue weighted by molar-refractivity contribution is -0.410. The molecule has 2 aliphatic heterocycles. The molecule has 0 saturated carbocycles. The van der Waals surface area contributed by atoms with Crippen molar-refractivity contribution < 1.29 is 43.0 Å². The van der Waals surface area contributed by atoms with Crippen LogP contribution in [0.1, 0.15) is 18.1 Å². The van der Waals surface area contributed by atoms with E-state index in [0.29, 0.717) is 0 Å². The Balaban J connectivity index is 0.000000539. The van der Waals surface area contributed by atoms with E-state index in [1.165, 1.54) is 45.8 Å². The predicted octanol–water partition coefficient (Wildman–Crippen LogP) is 0.933. The van der Waals surface area contributed by atoms with Crippen LogP contribution in [0, 0.1) is 23.7 Å². The SMILES string of the molecule is CC(=O)[O-].C[N+]1=C2C=CC=CC2[C]([C]2c3ccccc3[N+](C)=C3C=CC=CC23)c2ccccc21.[I-]. The number of allylic oxidation sites excluding steroid dienone is 8. The number of carboxylic acids is 1. The normalized spacial score (nSPS) is 21.8. The number of para-hydroxylation sites is 2. The van der Waals surface area contributed by atoms with Gasteiger partial charge in [-0.3, -0.25) is 0 Å². The van der Waals surface area contributed by atoms with Gasteiger partial charge in [-0.15, -0.1) is 0 Å². The molecule has 0 amide bonds. The van der Waals surface area contributed by atoms with E-state index in [1.807, 2.05) is 0 Å². The van der Waals surface area contributed by atoms with Crippen molar-refractivity contribution in [1.29, 1.82) is 0 Å². The lowest BCUT2D eigenvalue weighted by atomic mass is 9.62. The van der Waals surface area contributed by atoms with Gasteiger partial charge in [0.05, 0.1) is 11.8 Å². The highest BCUT2D eigenvalue weighted by Gasteiger charge is 2.51. The van der Waals surface area contributed by atoms with Gasteiger partial charge in [-0.25, -0.2) is 0 Å². The Bertz CT molecular complexity index is 1240. The summed E-state index contributed by atoms with van der Waals surface area (Å²) in [5, 5.41) is 8.89. The Kier molecular flexibility index (Phi) is 7.36. The van der Waals surface area contributed by atoms with Gasteiger partial charge in [0.2, 0.25) is 11.4 Å². The summed E-state index contributed by atoms with van der Waals surface area (Å²) in [6.45, 7) is 0.972. The van der Waals surface area contributed by atoms with Crippen molar-refractivity contribution in [2.24, 2.45) is 11.8 Å². The van der Waals surface area contributed by atoms with E-state index in [2.05, 4.69) is 120 Å². The van der Waals surface area contributed by atoms with Crippen LogP contribution in [0.2, 0.25) is 0 Å². The van der Waals surface area contributed by atoms with Gasteiger partial charge in [0.1, 0.15) is 14.1 Å². The highest BCUT2D eigenvalue weighted by molar-refractivity contribution is 6.04. The fraction of sp³-hybridized carbons (Fsp3) is 0.167. The molecule has 0 spiro atoms. The molecule has 4 nitrogen and oxygen atoms in total. The highest BCUT2D eigenvalue weighted by Crippen LogP contribution is 2.52. The number of carbonyl (C=O) groups is 1. The first-order valence-electron chi connectivity index (χ1n) is 11.5. The third kappa shape index (κ3) is 4.38. The van der Waals surface area contributed by atoms with Gasteiger partial charge in [0.25, 0.3) is 0 Å². The predicted molar refractivity (Wildman–Crippen MR) is 133 cm³/mol. The summed E-state index contributed by atoms with van der Waals surface area (Å²) < 4.78 is 4.71. The molecule has 0 N–H and O–H groups in total. The van der Waals surface area contributed by atoms with E-state index < -0.39 is 5.97 Å². The van der Waals surface area contributed by atoms with Crippen molar-refractivity contribution in [3.63, 3.8) is 0 Å². The van der Waals surface area contributed by atoms with Gasteiger partial charge in [-0.1, -0.05) is 72.9 Å². The summed E-state index contributed by atoms with van der Waals surface area (Å²) in [5.41, 5.74) is 7.91. The van der Waals surface area contributed by atoms with E-state index in [9.17, 15) is 0 Å². The summed E-state index contributed by atoms with van der Waals surface area (Å²) >= 11 is 0. The molecule has 6 rings (SSSR count). The lowest BCUT2D eigenvalue weighted by Gasteiger charge is -2.39. The fourth-order valence-electron chi connectivity index (χ4n) is 5.42. The van der Waals surface area contributed by atoms with Gasteiger partial charge in [0, 0.05) is 53.2 Å². The zero-order valence-corrected chi connectivity index (χ0v) is 22.1. The third-order valence-corrected chi connectivity index (χ3v) is 6.80. The van der Waals surface area contributed by atoms with Crippen LogP contribution in [-0.4, -0.2) is 40.6 Å². The minimum absolute atomic E-state index is 0. The Hall–Kier alpha value is -3.06. The summed E-state index contributed by atoms with van der Waals surface area (Å²) in [5.74, 6) is 2.29. The average molecular weight is 574 g/mol. The number of nitrogens with zero attached hydrogens (tertiary/aromatic N) is 2. The van der Waals surface area contributed by atoms with Crippen molar-refractivity contribution in [1.82, 2.24) is 0 Å². The number of carboxylic acid groups (broad SMARTS) is 1. The quantitative estimate of drug-likeness (QED) is 0.376. The van der Waals surface area contributed by atoms with Crippen LogP contribution in [-0.2, 0) is 4.79 Å². The Morgan fingerprint density at radius 2 is 1.09 bits per heavy atom. The molecule has 176 valence electrons. The highest BCUT2D eigenvalue weighted by atomic mass is 127. The first-order valence-corrected chi connectivity index (χ1v) is 11.5. The van der Waals surface area contributed by atoms with Gasteiger partial charge in [-0.2, -0.15) is 9.15 Å². The molecule has 0 fully saturated rings. The maximum absolute atomic E-state index is 8.89. The second-order valence-corrected chi connectivity index (χ2v) is 8.76. The Morgan fingerprint density at radius 3 is 1.49 bits per heavy atom. The maximum Gasteiger partial charge on any atom is 0.209 e. The molecule has 2 heterocycles. The average Bonchev–Trinajstić information content (AvgIpc) is 2.86. The summed E-state index contributed by atoms with van der Waals surface area (Å²) in [6.07, 6.45) is 17.9. The third-order valence-electron chi connectivity index (χ3n) is 6.80. The first-order chi connectivity index (χ1) is 16.5. The minimum atomic E-state index is -1.08. The van der Waals surface area contributed by atoms with Crippen LogP contribution in [0.15, 0.2) is 97.1 Å². The van der Waals surface area contributed by atoms with Crippen LogP contribution >= 0.6 is 0 Å². The molecule has 5 heteroatoms. The zero-order chi connectivity index (χ0) is 23.8. The second kappa shape index (κ2) is 10.3. The zero-order valence-electron chi connectivity index (χ0n) is 20.0. The molecule has 2 atom stereocenters. The minimum Gasteiger partial charge on any atom is -1.00 e. The number of aliphatic carboxylic acids is 1. The molecule has 2 aromatic rings. The number of hydrogen-bond donors (Lipinski definition) is 0. The Morgan fingerprint density at radius 1 is 0.714 bits per heavy atom.